The van der Waals surface area contributed by atoms with Gasteiger partial charge in [-0.3, -0.25) is 4.79 Å². The van der Waals surface area contributed by atoms with Crippen LogP contribution in [-0.2, 0) is 11.3 Å². The van der Waals surface area contributed by atoms with Crippen LogP contribution >= 0.6 is 22.6 Å². The molecule has 0 unspecified atom stereocenters. The highest BCUT2D eigenvalue weighted by Gasteiger charge is 2.21. The minimum atomic E-state index is -0.146. The SMILES string of the molecule is CC(C)C(=O)N=C1N=C2C=CC(I)=CN2Cc2ccccc21. The Morgan fingerprint density at radius 2 is 2.09 bits per heavy atom. The molecule has 0 bridgehead atoms. The maximum absolute atomic E-state index is 12.0. The second-order valence-electron chi connectivity index (χ2n) is 5.53. The van der Waals surface area contributed by atoms with Crippen LogP contribution in [0, 0.1) is 5.92 Å². The molecule has 5 heteroatoms. The van der Waals surface area contributed by atoms with Crippen molar-refractivity contribution in [2.75, 3.05) is 0 Å². The van der Waals surface area contributed by atoms with E-state index in [4.69, 9.17) is 0 Å². The molecular weight excluding hydrogens is 389 g/mol. The lowest BCUT2D eigenvalue weighted by molar-refractivity contribution is -0.120. The summed E-state index contributed by atoms with van der Waals surface area (Å²) in [6.45, 7) is 4.42. The Morgan fingerprint density at radius 1 is 1.32 bits per heavy atom. The number of benzene rings is 1. The summed E-state index contributed by atoms with van der Waals surface area (Å²) in [6.07, 6.45) is 6.03. The van der Waals surface area contributed by atoms with Gasteiger partial charge < -0.3 is 4.90 Å². The monoisotopic (exact) mass is 405 g/mol. The third-order valence-electron chi connectivity index (χ3n) is 3.49. The van der Waals surface area contributed by atoms with Gasteiger partial charge in [-0.25, -0.2) is 4.99 Å². The average molecular weight is 405 g/mol. The molecule has 0 spiro atoms. The Morgan fingerprint density at radius 3 is 2.86 bits per heavy atom. The molecule has 2 aliphatic rings. The largest absolute Gasteiger partial charge is 0.327 e. The third kappa shape index (κ3) is 3.04. The average Bonchev–Trinajstić information content (AvgIpc) is 2.63. The molecule has 0 aliphatic carbocycles. The summed E-state index contributed by atoms with van der Waals surface area (Å²) in [7, 11) is 0. The number of nitrogens with zero attached hydrogens (tertiary/aromatic N) is 3. The number of carbonyl (C=O) groups excluding carboxylic acids is 1. The lowest BCUT2D eigenvalue weighted by Crippen LogP contribution is -2.24. The van der Waals surface area contributed by atoms with Crippen molar-refractivity contribution in [3.63, 3.8) is 0 Å². The van der Waals surface area contributed by atoms with Crippen LogP contribution in [0.25, 0.3) is 0 Å². The topological polar surface area (TPSA) is 45.0 Å². The molecule has 0 saturated carbocycles. The van der Waals surface area contributed by atoms with E-state index >= 15 is 0 Å². The number of hydrogen-bond acceptors (Lipinski definition) is 2. The minimum Gasteiger partial charge on any atom is -0.327 e. The zero-order chi connectivity index (χ0) is 15.7. The molecule has 0 fully saturated rings. The van der Waals surface area contributed by atoms with Gasteiger partial charge in [-0.1, -0.05) is 38.1 Å². The highest BCUT2D eigenvalue weighted by atomic mass is 127. The zero-order valence-electron chi connectivity index (χ0n) is 12.5. The summed E-state index contributed by atoms with van der Waals surface area (Å²) in [5.41, 5.74) is 2.04. The van der Waals surface area contributed by atoms with Crippen molar-refractivity contribution in [2.45, 2.75) is 20.4 Å². The number of halogens is 1. The maximum Gasteiger partial charge on any atom is 0.250 e. The van der Waals surface area contributed by atoms with E-state index in [-0.39, 0.29) is 11.8 Å². The van der Waals surface area contributed by atoms with Crippen molar-refractivity contribution in [2.24, 2.45) is 15.9 Å². The number of rotatable bonds is 1. The van der Waals surface area contributed by atoms with E-state index in [0.29, 0.717) is 5.84 Å². The fourth-order valence-electron chi connectivity index (χ4n) is 2.28. The number of hydrogen-bond donors (Lipinski definition) is 0. The number of amides is 1. The van der Waals surface area contributed by atoms with E-state index < -0.39 is 0 Å². The Balaban J connectivity index is 2.13. The molecule has 0 aromatic heterocycles. The first-order valence-corrected chi connectivity index (χ1v) is 8.24. The Kier molecular flexibility index (Phi) is 4.24. The van der Waals surface area contributed by atoms with Crippen molar-refractivity contribution in [3.8, 4) is 0 Å². The minimum absolute atomic E-state index is 0.137. The number of carbonyl (C=O) groups is 1. The lowest BCUT2D eigenvalue weighted by atomic mass is 10.1. The fraction of sp³-hybridized carbons (Fsp3) is 0.235. The van der Waals surface area contributed by atoms with Crippen molar-refractivity contribution in [3.05, 3.63) is 57.3 Å². The molecule has 0 saturated heterocycles. The van der Waals surface area contributed by atoms with Gasteiger partial charge in [0, 0.05) is 27.8 Å². The first-order chi connectivity index (χ1) is 10.5. The van der Waals surface area contributed by atoms with E-state index in [2.05, 4.69) is 49.7 Å². The van der Waals surface area contributed by atoms with Gasteiger partial charge in [0.25, 0.3) is 0 Å². The highest BCUT2D eigenvalue weighted by molar-refractivity contribution is 14.1. The van der Waals surface area contributed by atoms with E-state index in [1.165, 1.54) is 0 Å². The quantitative estimate of drug-likeness (QED) is 0.670. The summed E-state index contributed by atoms with van der Waals surface area (Å²) in [5.74, 6) is 1.03. The second kappa shape index (κ2) is 6.16. The molecular formula is C17H16IN3O. The molecule has 0 N–H and O–H groups in total. The first kappa shape index (κ1) is 15.1. The molecule has 1 aromatic carbocycles. The molecule has 2 heterocycles. The normalized spacial score (nSPS) is 18.5. The zero-order valence-corrected chi connectivity index (χ0v) is 14.6. The first-order valence-electron chi connectivity index (χ1n) is 7.16. The van der Waals surface area contributed by atoms with Crippen LogP contribution in [0.2, 0.25) is 0 Å². The van der Waals surface area contributed by atoms with Crippen LogP contribution in [0.4, 0.5) is 0 Å². The number of amidine groups is 2. The third-order valence-corrected chi connectivity index (χ3v) is 4.13. The predicted molar refractivity (Wildman–Crippen MR) is 97.0 cm³/mol. The summed E-state index contributed by atoms with van der Waals surface area (Å²) < 4.78 is 1.15. The molecule has 2 aliphatic heterocycles. The summed E-state index contributed by atoms with van der Waals surface area (Å²) in [5, 5.41) is 0. The van der Waals surface area contributed by atoms with Gasteiger partial charge in [0.15, 0.2) is 5.84 Å². The van der Waals surface area contributed by atoms with Gasteiger partial charge >= 0.3 is 0 Å². The molecule has 0 atom stereocenters. The van der Waals surface area contributed by atoms with E-state index in [1.807, 2.05) is 44.2 Å². The Labute approximate surface area is 143 Å². The van der Waals surface area contributed by atoms with E-state index in [9.17, 15) is 4.79 Å². The van der Waals surface area contributed by atoms with Gasteiger partial charge in [0.1, 0.15) is 5.84 Å². The molecule has 1 amide bonds. The molecule has 22 heavy (non-hydrogen) atoms. The smallest absolute Gasteiger partial charge is 0.250 e. The number of allylic oxidation sites excluding steroid dienone is 2. The summed E-state index contributed by atoms with van der Waals surface area (Å²) in [4.78, 5) is 23.0. The van der Waals surface area contributed by atoms with Crippen molar-refractivity contribution >= 4 is 40.2 Å². The summed E-state index contributed by atoms with van der Waals surface area (Å²) >= 11 is 2.29. The van der Waals surface area contributed by atoms with Crippen LogP contribution in [0.3, 0.4) is 0 Å². The van der Waals surface area contributed by atoms with E-state index in [1.54, 1.807) is 0 Å². The van der Waals surface area contributed by atoms with Crippen molar-refractivity contribution in [1.82, 2.24) is 4.90 Å². The van der Waals surface area contributed by atoms with Crippen LogP contribution in [0.15, 0.2) is 56.2 Å². The van der Waals surface area contributed by atoms with E-state index in [0.717, 1.165) is 27.1 Å². The molecule has 1 aromatic rings. The van der Waals surface area contributed by atoms with Gasteiger partial charge in [-0.2, -0.15) is 4.99 Å². The standard InChI is InChI=1S/C17H16IN3O/c1-11(2)17(22)20-16-14-6-4-3-5-12(14)9-21-10-13(18)7-8-15(21)19-16/h3-8,10-11H,9H2,1-2H3. The Bertz CT molecular complexity index is 744. The highest BCUT2D eigenvalue weighted by Crippen LogP contribution is 2.24. The summed E-state index contributed by atoms with van der Waals surface area (Å²) in [6, 6.07) is 7.99. The van der Waals surface area contributed by atoms with Crippen molar-refractivity contribution < 1.29 is 4.79 Å². The lowest BCUT2D eigenvalue weighted by Gasteiger charge is -2.21. The molecule has 3 rings (SSSR count). The van der Waals surface area contributed by atoms with Gasteiger partial charge in [0.05, 0.1) is 0 Å². The molecule has 4 nitrogen and oxygen atoms in total. The number of fused-ring (bicyclic) bond motifs is 2. The second-order valence-corrected chi connectivity index (χ2v) is 6.78. The van der Waals surface area contributed by atoms with Gasteiger partial charge in [0.2, 0.25) is 5.91 Å². The molecule has 112 valence electrons. The van der Waals surface area contributed by atoms with Crippen LogP contribution in [-0.4, -0.2) is 22.5 Å². The van der Waals surface area contributed by atoms with Gasteiger partial charge in [-0.05, 0) is 40.3 Å². The van der Waals surface area contributed by atoms with Crippen LogP contribution in [0.1, 0.15) is 25.0 Å². The van der Waals surface area contributed by atoms with Gasteiger partial charge in [-0.15, -0.1) is 0 Å². The molecule has 0 radical (unpaired) electrons. The van der Waals surface area contributed by atoms with Crippen LogP contribution in [0.5, 0.6) is 0 Å². The predicted octanol–water partition coefficient (Wildman–Crippen LogP) is 3.68. The number of aliphatic imine (C=N–C) groups is 2. The van der Waals surface area contributed by atoms with Crippen LogP contribution < -0.4 is 0 Å². The van der Waals surface area contributed by atoms with Crippen molar-refractivity contribution in [1.29, 1.82) is 0 Å². The maximum atomic E-state index is 12.0. The fourth-order valence-corrected chi connectivity index (χ4v) is 2.80. The Hall–Kier alpha value is -1.76.